The van der Waals surface area contributed by atoms with Gasteiger partial charge < -0.3 is 10.0 Å². The molecule has 0 saturated carbocycles. The molecule has 1 aromatic carbocycles. The Labute approximate surface area is 178 Å². The number of halogens is 1. The van der Waals surface area contributed by atoms with Gasteiger partial charge in [-0.3, -0.25) is 9.59 Å². The van der Waals surface area contributed by atoms with Gasteiger partial charge in [-0.25, -0.2) is 0 Å². The van der Waals surface area contributed by atoms with Crippen molar-refractivity contribution in [2.45, 2.75) is 64.7 Å². The fourth-order valence-electron chi connectivity index (χ4n) is 4.55. The number of hydrogen-bond acceptors (Lipinski definition) is 2. The van der Waals surface area contributed by atoms with E-state index in [-0.39, 0.29) is 24.8 Å². The van der Waals surface area contributed by atoms with Gasteiger partial charge >= 0.3 is 5.97 Å². The second-order valence-electron chi connectivity index (χ2n) is 8.65. The average molecular weight is 416 g/mol. The van der Waals surface area contributed by atoms with Crippen molar-refractivity contribution < 1.29 is 14.7 Å². The highest BCUT2D eigenvalue weighted by molar-refractivity contribution is 6.32. The molecule has 0 fully saturated rings. The lowest BCUT2D eigenvalue weighted by atomic mass is 9.68. The topological polar surface area (TPSA) is 57.6 Å². The highest BCUT2D eigenvalue weighted by Crippen LogP contribution is 2.44. The van der Waals surface area contributed by atoms with Gasteiger partial charge in [0.05, 0.1) is 6.42 Å². The molecule has 0 bridgehead atoms. The third-order valence-corrected chi connectivity index (χ3v) is 6.50. The molecule has 1 aliphatic carbocycles. The first-order valence-corrected chi connectivity index (χ1v) is 10.8. The standard InChI is InChI=1S/C24H30ClNO3/c1-16(2)20-15-26(12-11-23(28)29)22(27)14-24(20,3)18-9-10-19(21(25)13-18)17-7-5-4-6-8-17/h7,9-10,13,15-16H,4-6,8,11-12,14H2,1-3H3,(H,28,29)/t24-/m1/s1. The lowest BCUT2D eigenvalue weighted by Gasteiger charge is -2.41. The zero-order chi connectivity index (χ0) is 21.2. The van der Waals surface area contributed by atoms with Crippen molar-refractivity contribution in [3.05, 3.63) is 52.2 Å². The molecular formula is C24H30ClNO3. The molecule has 4 nitrogen and oxygen atoms in total. The third kappa shape index (κ3) is 4.58. The van der Waals surface area contributed by atoms with Gasteiger partial charge in [0, 0.05) is 29.6 Å². The zero-order valence-electron chi connectivity index (χ0n) is 17.5. The van der Waals surface area contributed by atoms with E-state index in [2.05, 4.69) is 39.0 Å². The molecular weight excluding hydrogens is 386 g/mol. The molecule has 0 radical (unpaired) electrons. The number of carboxylic acid groups (broad SMARTS) is 1. The highest BCUT2D eigenvalue weighted by atomic mass is 35.5. The number of allylic oxidation sites excluding steroid dienone is 3. The smallest absolute Gasteiger partial charge is 0.305 e. The Morgan fingerprint density at radius 1 is 1.31 bits per heavy atom. The molecule has 2 aliphatic rings. The number of carboxylic acids is 1. The minimum Gasteiger partial charge on any atom is -0.481 e. The largest absolute Gasteiger partial charge is 0.481 e. The van der Waals surface area contributed by atoms with Gasteiger partial charge in [-0.05, 0) is 59.9 Å². The number of hydrogen-bond donors (Lipinski definition) is 1. The van der Waals surface area contributed by atoms with Crippen LogP contribution in [0.4, 0.5) is 0 Å². The molecule has 156 valence electrons. The number of rotatable bonds is 6. The van der Waals surface area contributed by atoms with Gasteiger partial charge in [0.15, 0.2) is 0 Å². The summed E-state index contributed by atoms with van der Waals surface area (Å²) in [6.07, 6.45) is 9.01. The summed E-state index contributed by atoms with van der Waals surface area (Å²) in [4.78, 5) is 25.3. The molecule has 1 aromatic rings. The quantitative estimate of drug-likeness (QED) is 0.638. The second-order valence-corrected chi connectivity index (χ2v) is 9.06. The number of benzene rings is 1. The molecule has 5 heteroatoms. The SMILES string of the molecule is CC(C)C1=CN(CCC(=O)O)C(=O)C[C@]1(C)c1ccc(C2=CCCCC2)c(Cl)c1. The molecule has 1 amide bonds. The Morgan fingerprint density at radius 3 is 2.66 bits per heavy atom. The number of aliphatic carboxylic acids is 1. The Balaban J connectivity index is 1.96. The predicted molar refractivity (Wildman–Crippen MR) is 117 cm³/mol. The van der Waals surface area contributed by atoms with E-state index < -0.39 is 11.4 Å². The summed E-state index contributed by atoms with van der Waals surface area (Å²) < 4.78 is 0. The van der Waals surface area contributed by atoms with Gasteiger partial charge in [-0.1, -0.05) is 50.6 Å². The lowest BCUT2D eigenvalue weighted by Crippen LogP contribution is -2.42. The Bertz CT molecular complexity index is 871. The highest BCUT2D eigenvalue weighted by Gasteiger charge is 2.40. The molecule has 29 heavy (non-hydrogen) atoms. The van der Waals surface area contributed by atoms with E-state index in [1.807, 2.05) is 12.3 Å². The normalized spacial score (nSPS) is 22.5. The van der Waals surface area contributed by atoms with Crippen LogP contribution in [0.5, 0.6) is 0 Å². The number of carbonyl (C=O) groups excluding carboxylic acids is 1. The van der Waals surface area contributed by atoms with Gasteiger partial charge in [-0.2, -0.15) is 0 Å². The van der Waals surface area contributed by atoms with Crippen LogP contribution in [0.15, 0.2) is 36.0 Å². The Morgan fingerprint density at radius 2 is 2.07 bits per heavy atom. The molecule has 0 unspecified atom stereocenters. The first-order chi connectivity index (χ1) is 13.7. The van der Waals surface area contributed by atoms with Crippen molar-refractivity contribution in [2.75, 3.05) is 6.54 Å². The van der Waals surface area contributed by atoms with Crippen molar-refractivity contribution in [1.82, 2.24) is 4.90 Å². The van der Waals surface area contributed by atoms with Crippen molar-refractivity contribution >= 4 is 29.1 Å². The third-order valence-electron chi connectivity index (χ3n) is 6.19. The second kappa shape index (κ2) is 8.74. The van der Waals surface area contributed by atoms with E-state index in [9.17, 15) is 9.59 Å². The van der Waals surface area contributed by atoms with E-state index in [0.29, 0.717) is 6.42 Å². The molecule has 1 atom stereocenters. The molecule has 1 heterocycles. The fraction of sp³-hybridized carbons (Fsp3) is 0.500. The van der Waals surface area contributed by atoms with Crippen molar-refractivity contribution in [3.63, 3.8) is 0 Å². The van der Waals surface area contributed by atoms with E-state index in [1.165, 1.54) is 18.4 Å². The van der Waals surface area contributed by atoms with Crippen LogP contribution in [0.25, 0.3) is 5.57 Å². The first-order valence-electron chi connectivity index (χ1n) is 10.5. The summed E-state index contributed by atoms with van der Waals surface area (Å²) in [7, 11) is 0. The minimum atomic E-state index is -0.898. The zero-order valence-corrected chi connectivity index (χ0v) is 18.3. The Kier molecular flexibility index (Phi) is 6.52. The van der Waals surface area contributed by atoms with Crippen molar-refractivity contribution in [2.24, 2.45) is 5.92 Å². The molecule has 3 rings (SSSR count). The van der Waals surface area contributed by atoms with Gasteiger partial charge in [0.1, 0.15) is 0 Å². The van der Waals surface area contributed by atoms with Crippen LogP contribution in [0.3, 0.4) is 0 Å². The van der Waals surface area contributed by atoms with Crippen LogP contribution in [0.1, 0.15) is 70.4 Å². The van der Waals surface area contributed by atoms with Crippen molar-refractivity contribution in [1.29, 1.82) is 0 Å². The minimum absolute atomic E-state index is 0.0478. The monoisotopic (exact) mass is 415 g/mol. The van der Waals surface area contributed by atoms with Crippen LogP contribution < -0.4 is 0 Å². The van der Waals surface area contributed by atoms with E-state index >= 15 is 0 Å². The average Bonchev–Trinajstić information content (AvgIpc) is 2.67. The summed E-state index contributed by atoms with van der Waals surface area (Å²) in [5, 5.41) is 9.71. The Hall–Kier alpha value is -2.07. The van der Waals surface area contributed by atoms with Crippen LogP contribution in [-0.2, 0) is 15.0 Å². The molecule has 0 aromatic heterocycles. The van der Waals surface area contributed by atoms with E-state index in [0.717, 1.165) is 34.6 Å². The van der Waals surface area contributed by atoms with Crippen LogP contribution in [0.2, 0.25) is 5.02 Å². The summed E-state index contributed by atoms with van der Waals surface area (Å²) in [6.45, 7) is 6.51. The van der Waals surface area contributed by atoms with Crippen molar-refractivity contribution in [3.8, 4) is 0 Å². The predicted octanol–water partition coefficient (Wildman–Crippen LogP) is 5.80. The summed E-state index contributed by atoms with van der Waals surface area (Å²) in [5.41, 5.74) is 4.13. The van der Waals surface area contributed by atoms with Crippen LogP contribution >= 0.6 is 11.6 Å². The fourth-order valence-corrected chi connectivity index (χ4v) is 4.85. The van der Waals surface area contributed by atoms with Gasteiger partial charge in [-0.15, -0.1) is 0 Å². The molecule has 0 saturated heterocycles. The lowest BCUT2D eigenvalue weighted by molar-refractivity contribution is -0.138. The van der Waals surface area contributed by atoms with Crippen LogP contribution in [0, 0.1) is 5.92 Å². The number of carbonyl (C=O) groups is 2. The summed E-state index contributed by atoms with van der Waals surface area (Å²) >= 11 is 6.70. The molecule has 0 spiro atoms. The van der Waals surface area contributed by atoms with Gasteiger partial charge in [0.25, 0.3) is 0 Å². The number of amides is 1. The molecule has 1 aliphatic heterocycles. The van der Waals surface area contributed by atoms with E-state index in [1.54, 1.807) is 4.90 Å². The number of nitrogens with zero attached hydrogens (tertiary/aromatic N) is 1. The first kappa shape index (κ1) is 21.6. The van der Waals surface area contributed by atoms with Crippen LogP contribution in [-0.4, -0.2) is 28.4 Å². The van der Waals surface area contributed by atoms with E-state index in [4.69, 9.17) is 16.7 Å². The summed E-state index contributed by atoms with van der Waals surface area (Å²) in [5.74, 6) is -0.724. The summed E-state index contributed by atoms with van der Waals surface area (Å²) in [6, 6.07) is 6.22. The molecule has 1 N–H and O–H groups in total. The van der Waals surface area contributed by atoms with Gasteiger partial charge in [0.2, 0.25) is 5.91 Å². The maximum Gasteiger partial charge on any atom is 0.305 e. The maximum absolute atomic E-state index is 12.8. The maximum atomic E-state index is 12.8.